The minimum atomic E-state index is -3.27. The van der Waals surface area contributed by atoms with E-state index in [0.29, 0.717) is 46.0 Å². The van der Waals surface area contributed by atoms with E-state index in [4.69, 9.17) is 14.2 Å². The average molecular weight is 536 g/mol. The summed E-state index contributed by atoms with van der Waals surface area (Å²) in [4.78, 5) is 6.38. The van der Waals surface area contributed by atoms with E-state index < -0.39 is 10.0 Å². The van der Waals surface area contributed by atoms with Gasteiger partial charge >= 0.3 is 0 Å². The van der Waals surface area contributed by atoms with Gasteiger partial charge in [-0.15, -0.1) is 24.0 Å². The SMILES string of the molecule is CN=C(NCCCOCCOC)N1CCN(S(=O)(=O)CCOC(C)C)CC1.I. The Balaban J connectivity index is 0.00000729. The van der Waals surface area contributed by atoms with Crippen LogP contribution < -0.4 is 5.32 Å². The quantitative estimate of drug-likeness (QED) is 0.169. The van der Waals surface area contributed by atoms with E-state index in [9.17, 15) is 8.42 Å². The summed E-state index contributed by atoms with van der Waals surface area (Å²) in [7, 11) is 0.120. The first-order valence-corrected chi connectivity index (χ1v) is 11.1. The molecule has 0 bridgehead atoms. The highest BCUT2D eigenvalue weighted by Gasteiger charge is 2.27. The summed E-state index contributed by atoms with van der Waals surface area (Å²) >= 11 is 0. The van der Waals surface area contributed by atoms with Gasteiger partial charge in [0.05, 0.1) is 31.7 Å². The number of nitrogens with one attached hydrogen (secondary N) is 1. The molecule has 9 nitrogen and oxygen atoms in total. The molecule has 1 fully saturated rings. The van der Waals surface area contributed by atoms with Crippen molar-refractivity contribution in [2.45, 2.75) is 26.4 Å². The zero-order valence-corrected chi connectivity index (χ0v) is 20.7. The molecule has 1 saturated heterocycles. The molecule has 1 aliphatic rings. The summed E-state index contributed by atoms with van der Waals surface area (Å²) in [5.41, 5.74) is 0. The molecule has 0 atom stereocenters. The first kappa shape index (κ1) is 27.8. The van der Waals surface area contributed by atoms with Gasteiger partial charge in [-0.05, 0) is 20.3 Å². The van der Waals surface area contributed by atoms with E-state index in [0.717, 1.165) is 18.9 Å². The molecule has 11 heteroatoms. The molecule has 0 aromatic rings. The molecule has 0 radical (unpaired) electrons. The number of nitrogens with zero attached hydrogens (tertiary/aromatic N) is 3. The number of hydrogen-bond acceptors (Lipinski definition) is 6. The topological polar surface area (TPSA) is 92.7 Å². The number of ether oxygens (including phenoxy) is 3. The van der Waals surface area contributed by atoms with Crippen molar-refractivity contribution in [1.29, 1.82) is 0 Å². The van der Waals surface area contributed by atoms with Crippen molar-refractivity contribution >= 4 is 40.0 Å². The van der Waals surface area contributed by atoms with E-state index in [2.05, 4.69) is 15.2 Å². The lowest BCUT2D eigenvalue weighted by molar-refractivity contribution is 0.0698. The fourth-order valence-corrected chi connectivity index (χ4v) is 3.93. The first-order valence-electron chi connectivity index (χ1n) is 9.52. The van der Waals surface area contributed by atoms with Gasteiger partial charge in [0.25, 0.3) is 0 Å². The van der Waals surface area contributed by atoms with Crippen LogP contribution in [0.15, 0.2) is 4.99 Å². The van der Waals surface area contributed by atoms with E-state index in [1.807, 2.05) is 13.8 Å². The Labute approximate surface area is 187 Å². The van der Waals surface area contributed by atoms with Gasteiger partial charge in [0.2, 0.25) is 10.0 Å². The molecule has 0 aromatic carbocycles. The number of sulfonamides is 1. The van der Waals surface area contributed by atoms with Crippen LogP contribution in [0.1, 0.15) is 20.3 Å². The second-order valence-corrected chi connectivity index (χ2v) is 8.64. The maximum absolute atomic E-state index is 12.4. The van der Waals surface area contributed by atoms with Gasteiger partial charge in [-0.25, -0.2) is 8.42 Å². The molecule has 0 amide bonds. The Morgan fingerprint density at radius 3 is 2.36 bits per heavy atom. The van der Waals surface area contributed by atoms with Crippen LogP contribution in [-0.4, -0.2) is 109 Å². The normalized spacial score (nSPS) is 16.3. The van der Waals surface area contributed by atoms with Gasteiger partial charge in [0.1, 0.15) is 0 Å². The predicted octanol–water partition coefficient (Wildman–Crippen LogP) is 0.605. The Morgan fingerprint density at radius 1 is 1.11 bits per heavy atom. The molecule has 0 aliphatic carbocycles. The van der Waals surface area contributed by atoms with Gasteiger partial charge in [0, 0.05) is 53.5 Å². The number of hydrogen-bond donors (Lipinski definition) is 1. The van der Waals surface area contributed by atoms with Crippen molar-refractivity contribution in [2.75, 3.05) is 79.1 Å². The molecule has 1 aliphatic heterocycles. The zero-order valence-electron chi connectivity index (χ0n) is 17.6. The third kappa shape index (κ3) is 11.1. The van der Waals surface area contributed by atoms with E-state index in [-0.39, 0.29) is 42.4 Å². The predicted molar refractivity (Wildman–Crippen MR) is 122 cm³/mol. The summed E-state index contributed by atoms with van der Waals surface area (Å²) < 4.78 is 42.1. The third-order valence-corrected chi connectivity index (χ3v) is 5.95. The smallest absolute Gasteiger partial charge is 0.216 e. The summed E-state index contributed by atoms with van der Waals surface area (Å²) in [6, 6.07) is 0. The highest BCUT2D eigenvalue weighted by Crippen LogP contribution is 2.09. The van der Waals surface area contributed by atoms with Crippen LogP contribution >= 0.6 is 24.0 Å². The van der Waals surface area contributed by atoms with E-state index in [1.54, 1.807) is 18.5 Å². The Hall–Kier alpha value is -0.210. The van der Waals surface area contributed by atoms with Crippen molar-refractivity contribution < 1.29 is 22.6 Å². The number of halogens is 1. The lowest BCUT2D eigenvalue weighted by Crippen LogP contribution is -2.54. The molecule has 1 rings (SSSR count). The molecule has 1 heterocycles. The van der Waals surface area contributed by atoms with Crippen molar-refractivity contribution in [3.8, 4) is 0 Å². The molecular formula is C17H37IN4O5S. The van der Waals surface area contributed by atoms with Crippen LogP contribution in [0.2, 0.25) is 0 Å². The van der Waals surface area contributed by atoms with Crippen molar-refractivity contribution in [3.63, 3.8) is 0 Å². The number of aliphatic imine (C=N–C) groups is 1. The second kappa shape index (κ2) is 15.6. The minimum absolute atomic E-state index is 0. The van der Waals surface area contributed by atoms with Crippen LogP contribution in [-0.2, 0) is 24.2 Å². The Bertz CT molecular complexity index is 526. The number of piperazine rings is 1. The number of methoxy groups -OCH3 is 1. The highest BCUT2D eigenvalue weighted by molar-refractivity contribution is 14.0. The standard InChI is InChI=1S/C17H36N4O5S.HI/c1-16(2)26-14-15-27(22,23)21-9-7-20(8-10-21)17(18-3)19-6-5-11-25-13-12-24-4;/h16H,5-15H2,1-4H3,(H,18,19);1H. The van der Waals surface area contributed by atoms with Crippen LogP contribution in [0.25, 0.3) is 0 Å². The van der Waals surface area contributed by atoms with Crippen LogP contribution in [0.4, 0.5) is 0 Å². The fraction of sp³-hybridized carbons (Fsp3) is 0.941. The molecule has 0 unspecified atom stereocenters. The highest BCUT2D eigenvalue weighted by atomic mass is 127. The molecular weight excluding hydrogens is 499 g/mol. The minimum Gasteiger partial charge on any atom is -0.382 e. The number of guanidine groups is 1. The molecule has 168 valence electrons. The fourth-order valence-electron chi connectivity index (χ4n) is 2.65. The molecule has 0 spiro atoms. The maximum Gasteiger partial charge on any atom is 0.216 e. The van der Waals surface area contributed by atoms with Crippen molar-refractivity contribution in [3.05, 3.63) is 0 Å². The van der Waals surface area contributed by atoms with Gasteiger partial charge < -0.3 is 24.4 Å². The van der Waals surface area contributed by atoms with Crippen molar-refractivity contribution in [2.24, 2.45) is 4.99 Å². The largest absolute Gasteiger partial charge is 0.382 e. The maximum atomic E-state index is 12.4. The van der Waals surface area contributed by atoms with Crippen molar-refractivity contribution in [1.82, 2.24) is 14.5 Å². The summed E-state index contributed by atoms with van der Waals surface area (Å²) in [6.07, 6.45) is 0.907. The van der Waals surface area contributed by atoms with Crippen LogP contribution in [0.5, 0.6) is 0 Å². The van der Waals surface area contributed by atoms with Crippen LogP contribution in [0.3, 0.4) is 0 Å². The van der Waals surface area contributed by atoms with Gasteiger partial charge in [-0.2, -0.15) is 4.31 Å². The second-order valence-electron chi connectivity index (χ2n) is 6.55. The lowest BCUT2D eigenvalue weighted by atomic mass is 10.4. The molecule has 0 saturated carbocycles. The summed E-state index contributed by atoms with van der Waals surface area (Å²) in [5.74, 6) is 0.827. The zero-order chi connectivity index (χ0) is 20.1. The van der Waals surface area contributed by atoms with Gasteiger partial charge in [0.15, 0.2) is 5.96 Å². The third-order valence-electron chi connectivity index (χ3n) is 4.12. The first-order chi connectivity index (χ1) is 12.9. The van der Waals surface area contributed by atoms with E-state index in [1.165, 1.54) is 0 Å². The summed E-state index contributed by atoms with van der Waals surface area (Å²) in [5, 5.41) is 3.31. The van der Waals surface area contributed by atoms with Gasteiger partial charge in [-0.3, -0.25) is 4.99 Å². The average Bonchev–Trinajstić information content (AvgIpc) is 2.64. The molecule has 28 heavy (non-hydrogen) atoms. The van der Waals surface area contributed by atoms with E-state index >= 15 is 0 Å². The number of rotatable bonds is 12. The molecule has 0 aromatic heterocycles. The van der Waals surface area contributed by atoms with Gasteiger partial charge in [-0.1, -0.05) is 0 Å². The monoisotopic (exact) mass is 536 g/mol. The lowest BCUT2D eigenvalue weighted by Gasteiger charge is -2.35. The Kier molecular flexibility index (Phi) is 15.5. The van der Waals surface area contributed by atoms with Crippen LogP contribution in [0, 0.1) is 0 Å². The molecule has 1 N–H and O–H groups in total. The summed E-state index contributed by atoms with van der Waals surface area (Å²) in [6.45, 7) is 8.82. The Morgan fingerprint density at radius 2 is 1.79 bits per heavy atom.